The fraction of sp³-hybridized carbons (Fsp3) is 0.118. The van der Waals surface area contributed by atoms with Gasteiger partial charge in [-0.3, -0.25) is 4.79 Å². The van der Waals surface area contributed by atoms with Crippen molar-refractivity contribution in [3.63, 3.8) is 0 Å². The second-order valence-electron chi connectivity index (χ2n) is 4.83. The van der Waals surface area contributed by atoms with E-state index in [1.807, 2.05) is 73.4 Å². The van der Waals surface area contributed by atoms with Gasteiger partial charge in [0, 0.05) is 48.0 Å². The predicted molar refractivity (Wildman–Crippen MR) is 82.3 cm³/mol. The standard InChI is InChI=1S/C17H16N2O/c1-18-13-7-5-6-12(10-13)17(20)15-11-19(2)16-9-4-3-8-14(15)16/h3-11,18H,1-2H3. The molecule has 1 N–H and O–H groups in total. The lowest BCUT2D eigenvalue weighted by Crippen LogP contribution is -2.01. The van der Waals surface area contributed by atoms with Crippen molar-refractivity contribution in [2.24, 2.45) is 7.05 Å². The summed E-state index contributed by atoms with van der Waals surface area (Å²) in [7, 11) is 3.81. The molecule has 3 heteroatoms. The van der Waals surface area contributed by atoms with E-state index in [0.717, 1.165) is 22.2 Å². The highest BCUT2D eigenvalue weighted by atomic mass is 16.1. The van der Waals surface area contributed by atoms with Crippen LogP contribution in [0.2, 0.25) is 0 Å². The van der Waals surface area contributed by atoms with Gasteiger partial charge in [0.2, 0.25) is 0 Å². The third kappa shape index (κ3) is 1.97. The smallest absolute Gasteiger partial charge is 0.195 e. The first-order chi connectivity index (χ1) is 9.70. The van der Waals surface area contributed by atoms with Crippen LogP contribution in [0.4, 0.5) is 5.69 Å². The Balaban J connectivity index is 2.13. The molecule has 3 rings (SSSR count). The van der Waals surface area contributed by atoms with Crippen LogP contribution in [0.15, 0.2) is 54.7 Å². The number of ketones is 1. The first kappa shape index (κ1) is 12.5. The van der Waals surface area contributed by atoms with E-state index in [-0.39, 0.29) is 5.78 Å². The van der Waals surface area contributed by atoms with Crippen LogP contribution < -0.4 is 5.32 Å². The summed E-state index contributed by atoms with van der Waals surface area (Å²) in [5.41, 5.74) is 3.46. The van der Waals surface area contributed by atoms with Crippen LogP contribution in [-0.4, -0.2) is 17.4 Å². The molecule has 0 saturated heterocycles. The molecule has 0 aliphatic rings. The van der Waals surface area contributed by atoms with Gasteiger partial charge in [-0.05, 0) is 18.2 Å². The number of benzene rings is 2. The molecule has 0 radical (unpaired) electrons. The van der Waals surface area contributed by atoms with E-state index in [4.69, 9.17) is 0 Å². The number of fused-ring (bicyclic) bond motifs is 1. The van der Waals surface area contributed by atoms with E-state index in [1.165, 1.54) is 0 Å². The Morgan fingerprint density at radius 2 is 1.90 bits per heavy atom. The normalized spacial score (nSPS) is 10.7. The van der Waals surface area contributed by atoms with E-state index < -0.39 is 0 Å². The van der Waals surface area contributed by atoms with Crippen molar-refractivity contribution in [2.45, 2.75) is 0 Å². The Hall–Kier alpha value is -2.55. The third-order valence-corrected chi connectivity index (χ3v) is 3.56. The van der Waals surface area contributed by atoms with Gasteiger partial charge in [0.1, 0.15) is 0 Å². The molecule has 1 aromatic heterocycles. The number of anilines is 1. The molecule has 0 spiro atoms. The molecule has 0 bridgehead atoms. The van der Waals surface area contributed by atoms with E-state index in [2.05, 4.69) is 5.32 Å². The topological polar surface area (TPSA) is 34.0 Å². The largest absolute Gasteiger partial charge is 0.388 e. The van der Waals surface area contributed by atoms with Gasteiger partial charge in [-0.2, -0.15) is 0 Å². The molecule has 3 nitrogen and oxygen atoms in total. The number of aromatic nitrogens is 1. The molecule has 0 fully saturated rings. The van der Waals surface area contributed by atoms with Gasteiger partial charge in [0.25, 0.3) is 0 Å². The average Bonchev–Trinajstić information content (AvgIpc) is 2.84. The maximum atomic E-state index is 12.7. The van der Waals surface area contributed by atoms with Gasteiger partial charge < -0.3 is 9.88 Å². The van der Waals surface area contributed by atoms with Crippen molar-refractivity contribution in [1.82, 2.24) is 4.57 Å². The molecule has 0 atom stereocenters. The lowest BCUT2D eigenvalue weighted by atomic mass is 10.0. The Bertz CT molecular complexity index is 787. The minimum atomic E-state index is 0.0545. The monoisotopic (exact) mass is 264 g/mol. The number of nitrogens with one attached hydrogen (secondary N) is 1. The SMILES string of the molecule is CNc1cccc(C(=O)c2cn(C)c3ccccc23)c1. The Labute approximate surface area is 117 Å². The van der Waals surface area contributed by atoms with E-state index in [9.17, 15) is 4.79 Å². The number of rotatable bonds is 3. The van der Waals surface area contributed by atoms with Crippen LogP contribution in [0.25, 0.3) is 10.9 Å². The highest BCUT2D eigenvalue weighted by Crippen LogP contribution is 2.23. The minimum absolute atomic E-state index is 0.0545. The fourth-order valence-electron chi connectivity index (χ4n) is 2.49. The highest BCUT2D eigenvalue weighted by Gasteiger charge is 2.15. The second-order valence-corrected chi connectivity index (χ2v) is 4.83. The molecule has 0 amide bonds. The zero-order chi connectivity index (χ0) is 14.1. The number of carbonyl (C=O) groups excluding carboxylic acids is 1. The maximum absolute atomic E-state index is 12.7. The lowest BCUT2D eigenvalue weighted by Gasteiger charge is -2.03. The van der Waals surface area contributed by atoms with Crippen LogP contribution in [-0.2, 0) is 7.05 Å². The Kier molecular flexibility index (Phi) is 3.03. The molecule has 2 aromatic carbocycles. The molecular formula is C17H16N2O. The van der Waals surface area contributed by atoms with Crippen LogP contribution >= 0.6 is 0 Å². The second kappa shape index (κ2) is 4.85. The molecular weight excluding hydrogens is 248 g/mol. The zero-order valence-electron chi connectivity index (χ0n) is 11.6. The molecule has 1 heterocycles. The minimum Gasteiger partial charge on any atom is -0.388 e. The number of nitrogens with zero attached hydrogens (tertiary/aromatic N) is 1. The summed E-state index contributed by atoms with van der Waals surface area (Å²) in [6.45, 7) is 0. The van der Waals surface area contributed by atoms with Crippen LogP contribution in [0.3, 0.4) is 0 Å². The summed E-state index contributed by atoms with van der Waals surface area (Å²) in [5.74, 6) is 0.0545. The predicted octanol–water partition coefficient (Wildman–Crippen LogP) is 3.45. The quantitative estimate of drug-likeness (QED) is 0.735. The summed E-state index contributed by atoms with van der Waals surface area (Å²) >= 11 is 0. The molecule has 20 heavy (non-hydrogen) atoms. The van der Waals surface area contributed by atoms with Crippen molar-refractivity contribution >= 4 is 22.4 Å². The summed E-state index contributed by atoms with van der Waals surface area (Å²) in [4.78, 5) is 12.7. The van der Waals surface area contributed by atoms with Gasteiger partial charge in [0.15, 0.2) is 5.78 Å². The van der Waals surface area contributed by atoms with Crippen molar-refractivity contribution in [1.29, 1.82) is 0 Å². The van der Waals surface area contributed by atoms with Crippen molar-refractivity contribution in [2.75, 3.05) is 12.4 Å². The summed E-state index contributed by atoms with van der Waals surface area (Å²) in [6, 6.07) is 15.5. The zero-order valence-corrected chi connectivity index (χ0v) is 11.6. The third-order valence-electron chi connectivity index (χ3n) is 3.56. The van der Waals surface area contributed by atoms with Crippen LogP contribution in [0, 0.1) is 0 Å². The molecule has 0 aliphatic heterocycles. The van der Waals surface area contributed by atoms with Gasteiger partial charge in [-0.15, -0.1) is 0 Å². The van der Waals surface area contributed by atoms with Crippen molar-refractivity contribution in [3.05, 3.63) is 65.9 Å². The Morgan fingerprint density at radius 1 is 1.10 bits per heavy atom. The molecule has 3 aromatic rings. The average molecular weight is 264 g/mol. The number of hydrogen-bond acceptors (Lipinski definition) is 2. The molecule has 100 valence electrons. The maximum Gasteiger partial charge on any atom is 0.195 e. The highest BCUT2D eigenvalue weighted by molar-refractivity contribution is 6.16. The van der Waals surface area contributed by atoms with Gasteiger partial charge >= 0.3 is 0 Å². The van der Waals surface area contributed by atoms with Crippen molar-refractivity contribution < 1.29 is 4.79 Å². The Morgan fingerprint density at radius 3 is 2.70 bits per heavy atom. The molecule has 0 unspecified atom stereocenters. The van der Waals surface area contributed by atoms with Gasteiger partial charge in [0.05, 0.1) is 0 Å². The summed E-state index contributed by atoms with van der Waals surface area (Å²) in [6.07, 6.45) is 1.90. The van der Waals surface area contributed by atoms with E-state index >= 15 is 0 Å². The van der Waals surface area contributed by atoms with E-state index in [1.54, 1.807) is 0 Å². The number of hydrogen-bond donors (Lipinski definition) is 1. The lowest BCUT2D eigenvalue weighted by molar-refractivity contribution is 0.104. The number of para-hydroxylation sites is 1. The summed E-state index contributed by atoms with van der Waals surface area (Å²) < 4.78 is 1.99. The molecule has 0 aliphatic carbocycles. The van der Waals surface area contributed by atoms with Gasteiger partial charge in [-0.1, -0.05) is 30.3 Å². The number of carbonyl (C=O) groups is 1. The van der Waals surface area contributed by atoms with Crippen LogP contribution in [0.5, 0.6) is 0 Å². The first-order valence-corrected chi connectivity index (χ1v) is 6.57. The van der Waals surface area contributed by atoms with E-state index in [0.29, 0.717) is 5.56 Å². The van der Waals surface area contributed by atoms with Crippen molar-refractivity contribution in [3.8, 4) is 0 Å². The number of aryl methyl sites for hydroxylation is 1. The fourth-order valence-corrected chi connectivity index (χ4v) is 2.49. The molecule has 0 saturated carbocycles. The van der Waals surface area contributed by atoms with Crippen LogP contribution in [0.1, 0.15) is 15.9 Å². The first-order valence-electron chi connectivity index (χ1n) is 6.57. The van der Waals surface area contributed by atoms with Gasteiger partial charge in [-0.25, -0.2) is 0 Å². The summed E-state index contributed by atoms with van der Waals surface area (Å²) in [5, 5.41) is 4.05.